The summed E-state index contributed by atoms with van der Waals surface area (Å²) in [5.41, 5.74) is -3.96. The van der Waals surface area contributed by atoms with E-state index in [1.165, 1.54) is 47.3 Å². The highest BCUT2D eigenvalue weighted by Gasteiger charge is 2.61. The van der Waals surface area contributed by atoms with Crippen molar-refractivity contribution in [2.75, 3.05) is 21.3 Å². The number of Topliss-reactive ketones (excluding diaryl/α,β-unsaturated/α-hetero) is 2. The summed E-state index contributed by atoms with van der Waals surface area (Å²) < 4.78 is 27.2. The lowest BCUT2D eigenvalue weighted by Gasteiger charge is -2.42. The van der Waals surface area contributed by atoms with Gasteiger partial charge in [-0.05, 0) is 25.8 Å². The van der Waals surface area contributed by atoms with Crippen LogP contribution in [0.4, 0.5) is 0 Å². The van der Waals surface area contributed by atoms with Crippen LogP contribution in [0.2, 0.25) is 0 Å². The van der Waals surface area contributed by atoms with Gasteiger partial charge in [-0.2, -0.15) is 0 Å². The van der Waals surface area contributed by atoms with Gasteiger partial charge in [-0.3, -0.25) is 14.4 Å². The average molecular weight is 529 g/mol. The molecule has 3 atom stereocenters. The predicted octanol–water partition coefficient (Wildman–Crippen LogP) is 4.41. The van der Waals surface area contributed by atoms with Crippen LogP contribution in [0.1, 0.15) is 62.5 Å². The highest BCUT2D eigenvalue weighted by atomic mass is 16.6. The van der Waals surface area contributed by atoms with E-state index in [0.29, 0.717) is 5.92 Å². The summed E-state index contributed by atoms with van der Waals surface area (Å²) in [6.07, 6.45) is 10.8. The van der Waals surface area contributed by atoms with E-state index in [2.05, 4.69) is 13.8 Å². The van der Waals surface area contributed by atoms with Crippen LogP contribution in [0.5, 0.6) is 11.5 Å². The van der Waals surface area contributed by atoms with Crippen molar-refractivity contribution in [3.05, 3.63) is 59.2 Å². The molecule has 1 aliphatic carbocycles. The summed E-state index contributed by atoms with van der Waals surface area (Å²) in [7, 11) is 4.21. The first kappa shape index (κ1) is 30.5. The van der Waals surface area contributed by atoms with Gasteiger partial charge in [0.25, 0.3) is 0 Å². The molecule has 0 amide bonds. The van der Waals surface area contributed by atoms with Gasteiger partial charge in [0, 0.05) is 36.8 Å². The van der Waals surface area contributed by atoms with Gasteiger partial charge in [-0.15, -0.1) is 0 Å². The van der Waals surface area contributed by atoms with Crippen molar-refractivity contribution < 1.29 is 42.9 Å². The third kappa shape index (κ3) is 6.05. The molecule has 9 heteroatoms. The Morgan fingerprint density at radius 3 is 2.18 bits per heavy atom. The number of ether oxygens (including phenoxy) is 5. The Morgan fingerprint density at radius 2 is 1.63 bits per heavy atom. The molecule has 0 saturated carbocycles. The zero-order chi connectivity index (χ0) is 28.7. The molecular formula is C29H36O9. The minimum atomic E-state index is -2.30. The van der Waals surface area contributed by atoms with Gasteiger partial charge in [-0.1, -0.05) is 50.6 Å². The summed E-state index contributed by atoms with van der Waals surface area (Å²) in [6.45, 7) is 7.74. The Balaban J connectivity index is 2.61. The van der Waals surface area contributed by atoms with Crippen LogP contribution in [-0.2, 0) is 40.8 Å². The lowest BCUT2D eigenvalue weighted by atomic mass is 9.69. The number of carbonyl (C=O) groups is 4. The Morgan fingerprint density at radius 1 is 0.974 bits per heavy atom. The van der Waals surface area contributed by atoms with Gasteiger partial charge in [0.05, 0.1) is 20.8 Å². The first-order chi connectivity index (χ1) is 17.9. The number of fused-ring (bicyclic) bond motifs is 1. The lowest BCUT2D eigenvalue weighted by Crippen LogP contribution is -2.60. The third-order valence-corrected chi connectivity index (χ3v) is 6.40. The largest absolute Gasteiger partial charge is 0.493 e. The summed E-state index contributed by atoms with van der Waals surface area (Å²) in [5, 5.41) is 0. The van der Waals surface area contributed by atoms with Crippen LogP contribution in [-0.4, -0.2) is 50.4 Å². The van der Waals surface area contributed by atoms with E-state index in [4.69, 9.17) is 23.7 Å². The average Bonchev–Trinajstić information content (AvgIpc) is 2.87. The Hall–Kier alpha value is -3.72. The van der Waals surface area contributed by atoms with E-state index < -0.39 is 34.7 Å². The molecule has 3 unspecified atom stereocenters. The number of carbonyl (C=O) groups excluding carboxylic acids is 4. The minimum absolute atomic E-state index is 0.0118. The maximum absolute atomic E-state index is 13.9. The minimum Gasteiger partial charge on any atom is -0.493 e. The number of ketones is 2. The van der Waals surface area contributed by atoms with Crippen molar-refractivity contribution in [3.8, 4) is 11.5 Å². The molecule has 38 heavy (non-hydrogen) atoms. The van der Waals surface area contributed by atoms with Crippen molar-refractivity contribution in [3.63, 3.8) is 0 Å². The van der Waals surface area contributed by atoms with Crippen LogP contribution in [0, 0.1) is 5.92 Å². The zero-order valence-electron chi connectivity index (χ0n) is 23.2. The molecule has 2 rings (SSSR count). The number of methoxy groups -OCH3 is 3. The number of rotatable bonds is 11. The molecule has 206 valence electrons. The number of esters is 2. The molecule has 0 N–H and O–H groups in total. The second-order valence-corrected chi connectivity index (χ2v) is 9.20. The molecule has 9 nitrogen and oxygen atoms in total. The molecule has 0 radical (unpaired) electrons. The molecule has 1 aliphatic rings. The molecule has 1 aromatic carbocycles. The summed E-state index contributed by atoms with van der Waals surface area (Å²) >= 11 is 0. The number of benzene rings is 1. The molecule has 0 aromatic heterocycles. The Labute approximate surface area is 223 Å². The second kappa shape index (κ2) is 12.7. The quantitative estimate of drug-likeness (QED) is 0.178. The van der Waals surface area contributed by atoms with Gasteiger partial charge < -0.3 is 23.7 Å². The van der Waals surface area contributed by atoms with Gasteiger partial charge >= 0.3 is 11.9 Å². The highest BCUT2D eigenvalue weighted by molar-refractivity contribution is 6.25. The topological polar surface area (TPSA) is 114 Å². The van der Waals surface area contributed by atoms with E-state index >= 15 is 0 Å². The summed E-state index contributed by atoms with van der Waals surface area (Å²) in [5.74, 6) is -2.58. The molecule has 0 spiro atoms. The van der Waals surface area contributed by atoms with Crippen molar-refractivity contribution in [1.82, 2.24) is 0 Å². The number of hydrogen-bond acceptors (Lipinski definition) is 9. The molecule has 0 heterocycles. The van der Waals surface area contributed by atoms with Gasteiger partial charge in [0.15, 0.2) is 17.1 Å². The standard InChI is InChI=1S/C29H36O9/c1-9-18(2)14-12-10-11-13-15-23(31)38-29(5)26(32)24-20(17-34-6)25(36-8)22(35-7)16-21(24)28(4,27(29)33)37-19(3)30/h10-16,18H,9,17H2,1-8H3/b11-10+,14-12+,15-13+. The zero-order valence-corrected chi connectivity index (χ0v) is 23.2. The fourth-order valence-corrected chi connectivity index (χ4v) is 4.27. The summed E-state index contributed by atoms with van der Waals surface area (Å²) in [6, 6.07) is 1.41. The maximum atomic E-state index is 13.9. The Kier molecular flexibility index (Phi) is 10.2. The molecule has 0 fully saturated rings. The van der Waals surface area contributed by atoms with Gasteiger partial charge in [0.1, 0.15) is 0 Å². The van der Waals surface area contributed by atoms with Crippen LogP contribution in [0.25, 0.3) is 0 Å². The number of hydrogen-bond donors (Lipinski definition) is 0. The SMILES string of the molecule is CCC(C)/C=C/C=C/C=C/C(=O)OC1(C)C(=O)c2c(cc(OC)c(OC)c2COC)C(C)(OC(C)=O)C1=O. The molecule has 0 saturated heterocycles. The monoisotopic (exact) mass is 528 g/mol. The van der Waals surface area contributed by atoms with E-state index in [1.807, 2.05) is 12.2 Å². The van der Waals surface area contributed by atoms with Crippen LogP contribution >= 0.6 is 0 Å². The Bertz CT molecular complexity index is 1180. The molecular weight excluding hydrogens is 492 g/mol. The smallest absolute Gasteiger partial charge is 0.332 e. The first-order valence-corrected chi connectivity index (χ1v) is 12.2. The molecule has 0 bridgehead atoms. The summed E-state index contributed by atoms with van der Waals surface area (Å²) in [4.78, 5) is 52.5. The third-order valence-electron chi connectivity index (χ3n) is 6.40. The second-order valence-electron chi connectivity index (χ2n) is 9.20. The maximum Gasteiger partial charge on any atom is 0.332 e. The van der Waals surface area contributed by atoms with E-state index in [0.717, 1.165) is 19.4 Å². The normalized spacial score (nSPS) is 22.1. The molecule has 0 aliphatic heterocycles. The van der Waals surface area contributed by atoms with Gasteiger partial charge in [-0.25, -0.2) is 4.79 Å². The van der Waals surface area contributed by atoms with Crippen molar-refractivity contribution in [1.29, 1.82) is 0 Å². The highest BCUT2D eigenvalue weighted by Crippen LogP contribution is 2.48. The lowest BCUT2D eigenvalue weighted by molar-refractivity contribution is -0.178. The fourth-order valence-electron chi connectivity index (χ4n) is 4.27. The van der Waals surface area contributed by atoms with Crippen LogP contribution < -0.4 is 9.47 Å². The van der Waals surface area contributed by atoms with E-state index in [9.17, 15) is 19.2 Å². The van der Waals surface area contributed by atoms with Gasteiger partial charge in [0.2, 0.25) is 17.2 Å². The van der Waals surface area contributed by atoms with Crippen molar-refractivity contribution in [2.45, 2.75) is 58.8 Å². The van der Waals surface area contributed by atoms with Crippen LogP contribution in [0.15, 0.2) is 42.5 Å². The molecule has 1 aromatic rings. The van der Waals surface area contributed by atoms with E-state index in [1.54, 1.807) is 12.2 Å². The van der Waals surface area contributed by atoms with Crippen molar-refractivity contribution >= 4 is 23.5 Å². The van der Waals surface area contributed by atoms with Crippen LogP contribution in [0.3, 0.4) is 0 Å². The predicted molar refractivity (Wildman–Crippen MR) is 140 cm³/mol. The first-order valence-electron chi connectivity index (χ1n) is 12.2. The fraction of sp³-hybridized carbons (Fsp3) is 0.448. The number of allylic oxidation sites excluding steroid dienone is 5. The van der Waals surface area contributed by atoms with Crippen molar-refractivity contribution in [2.24, 2.45) is 5.92 Å². The van der Waals surface area contributed by atoms with E-state index in [-0.39, 0.29) is 34.8 Å².